The monoisotopic (exact) mass is 224 g/mol. The Morgan fingerprint density at radius 3 is 2.29 bits per heavy atom. The van der Waals surface area contributed by atoms with Gasteiger partial charge in [0.2, 0.25) is 0 Å². The Hall–Kier alpha value is -2.29. The summed E-state index contributed by atoms with van der Waals surface area (Å²) in [7, 11) is 0. The second-order valence-corrected chi connectivity index (χ2v) is 3.66. The topological polar surface area (TPSA) is 41.8 Å². The van der Waals surface area contributed by atoms with Crippen LogP contribution in [0.25, 0.3) is 0 Å². The summed E-state index contributed by atoms with van der Waals surface area (Å²) in [4.78, 5) is 11.7. The van der Waals surface area contributed by atoms with E-state index in [1.807, 2.05) is 37.3 Å². The lowest BCUT2D eigenvalue weighted by Crippen LogP contribution is -1.92. The molecule has 0 saturated heterocycles. The largest absolute Gasteiger partial charge is 0.295 e. The van der Waals surface area contributed by atoms with E-state index in [0.29, 0.717) is 5.56 Å². The van der Waals surface area contributed by atoms with Gasteiger partial charge in [-0.1, -0.05) is 36.4 Å². The highest BCUT2D eigenvalue weighted by Gasteiger charge is 2.02. The molecule has 0 fully saturated rings. The van der Waals surface area contributed by atoms with Crippen LogP contribution < -0.4 is 0 Å². The predicted molar refractivity (Wildman–Crippen MR) is 66.5 cm³/mol. The summed E-state index contributed by atoms with van der Waals surface area (Å²) >= 11 is 0. The molecule has 3 heteroatoms. The molecule has 84 valence electrons. The highest BCUT2D eigenvalue weighted by molar-refractivity contribution is 5.94. The number of carbonyl (C=O) groups is 1. The second-order valence-electron chi connectivity index (χ2n) is 3.66. The van der Waals surface area contributed by atoms with Gasteiger partial charge in [-0.05, 0) is 30.7 Å². The molecule has 3 nitrogen and oxygen atoms in total. The van der Waals surface area contributed by atoms with E-state index in [9.17, 15) is 4.79 Å². The molecule has 0 saturated carbocycles. The zero-order valence-electron chi connectivity index (χ0n) is 9.50. The highest BCUT2D eigenvalue weighted by atomic mass is 16.1. The van der Waals surface area contributed by atoms with Crippen LogP contribution in [0.1, 0.15) is 15.9 Å². The van der Waals surface area contributed by atoms with E-state index >= 15 is 0 Å². The maximum Gasteiger partial charge on any atom is 0.295 e. The molecule has 0 unspecified atom stereocenters. The van der Waals surface area contributed by atoms with Crippen molar-refractivity contribution in [1.82, 2.24) is 0 Å². The van der Waals surface area contributed by atoms with E-state index in [0.717, 1.165) is 11.3 Å². The van der Waals surface area contributed by atoms with E-state index in [2.05, 4.69) is 10.2 Å². The van der Waals surface area contributed by atoms with E-state index < -0.39 is 0 Å². The number of amides is 1. The first-order chi connectivity index (χ1) is 8.27. The molecule has 2 rings (SSSR count). The normalized spacial score (nSPS) is 10.6. The van der Waals surface area contributed by atoms with Crippen molar-refractivity contribution >= 4 is 11.6 Å². The van der Waals surface area contributed by atoms with Crippen LogP contribution in [0, 0.1) is 6.92 Å². The molecule has 0 N–H and O–H groups in total. The van der Waals surface area contributed by atoms with Gasteiger partial charge in [-0.15, -0.1) is 10.2 Å². The molecule has 1 amide bonds. The summed E-state index contributed by atoms with van der Waals surface area (Å²) in [5, 5.41) is 7.67. The van der Waals surface area contributed by atoms with Crippen LogP contribution in [0.4, 0.5) is 5.69 Å². The first kappa shape index (κ1) is 11.2. The van der Waals surface area contributed by atoms with E-state index in [1.165, 1.54) is 0 Å². The Morgan fingerprint density at radius 2 is 1.59 bits per heavy atom. The van der Waals surface area contributed by atoms with Crippen molar-refractivity contribution in [3.8, 4) is 0 Å². The average Bonchev–Trinajstić information content (AvgIpc) is 2.38. The fourth-order valence-electron chi connectivity index (χ4n) is 1.41. The molecule has 2 aromatic rings. The third-order valence-corrected chi connectivity index (χ3v) is 2.38. The van der Waals surface area contributed by atoms with Crippen LogP contribution in [0.2, 0.25) is 0 Å². The quantitative estimate of drug-likeness (QED) is 0.713. The van der Waals surface area contributed by atoms with Crippen LogP contribution in [0.3, 0.4) is 0 Å². The van der Waals surface area contributed by atoms with Crippen LogP contribution in [-0.4, -0.2) is 5.91 Å². The molecular weight excluding hydrogens is 212 g/mol. The van der Waals surface area contributed by atoms with Crippen molar-refractivity contribution in [2.75, 3.05) is 0 Å². The Morgan fingerprint density at radius 1 is 0.941 bits per heavy atom. The summed E-state index contributed by atoms with van der Waals surface area (Å²) in [6.07, 6.45) is 0. The third-order valence-electron chi connectivity index (χ3n) is 2.38. The summed E-state index contributed by atoms with van der Waals surface area (Å²) in [6.45, 7) is 1.93. The summed E-state index contributed by atoms with van der Waals surface area (Å²) in [5.74, 6) is -0.325. The van der Waals surface area contributed by atoms with Gasteiger partial charge in [0.25, 0.3) is 5.91 Å². The molecule has 0 aliphatic carbocycles. The SMILES string of the molecule is Cc1ccccc1N=NC(=O)c1ccccc1. The zero-order valence-corrected chi connectivity index (χ0v) is 9.50. The highest BCUT2D eigenvalue weighted by Crippen LogP contribution is 2.17. The van der Waals surface area contributed by atoms with Gasteiger partial charge >= 0.3 is 0 Å². The molecule has 0 heterocycles. The lowest BCUT2D eigenvalue weighted by atomic mass is 10.2. The zero-order chi connectivity index (χ0) is 12.1. The lowest BCUT2D eigenvalue weighted by Gasteiger charge is -1.96. The fourth-order valence-corrected chi connectivity index (χ4v) is 1.41. The van der Waals surface area contributed by atoms with Crippen molar-refractivity contribution in [3.63, 3.8) is 0 Å². The number of benzene rings is 2. The predicted octanol–water partition coefficient (Wildman–Crippen LogP) is 3.92. The molecule has 2 aromatic carbocycles. The van der Waals surface area contributed by atoms with E-state index in [-0.39, 0.29) is 5.91 Å². The van der Waals surface area contributed by atoms with Crippen LogP contribution in [0.15, 0.2) is 64.8 Å². The maximum atomic E-state index is 11.7. The molecule has 0 aliphatic rings. The molecule has 0 atom stereocenters. The molecule has 0 aliphatic heterocycles. The number of hydrogen-bond acceptors (Lipinski definition) is 2. The van der Waals surface area contributed by atoms with Gasteiger partial charge < -0.3 is 0 Å². The van der Waals surface area contributed by atoms with Crippen LogP contribution in [0.5, 0.6) is 0 Å². The van der Waals surface area contributed by atoms with Gasteiger partial charge in [-0.25, -0.2) is 0 Å². The van der Waals surface area contributed by atoms with Gasteiger partial charge in [0.1, 0.15) is 0 Å². The number of nitrogens with zero attached hydrogens (tertiary/aromatic N) is 2. The van der Waals surface area contributed by atoms with E-state index in [4.69, 9.17) is 0 Å². The second kappa shape index (κ2) is 5.16. The van der Waals surface area contributed by atoms with Gasteiger partial charge in [0, 0.05) is 5.56 Å². The van der Waals surface area contributed by atoms with Crippen molar-refractivity contribution in [3.05, 3.63) is 65.7 Å². The fraction of sp³-hybridized carbons (Fsp3) is 0.0714. The number of rotatable bonds is 2. The van der Waals surface area contributed by atoms with Crippen molar-refractivity contribution in [2.24, 2.45) is 10.2 Å². The first-order valence-electron chi connectivity index (χ1n) is 5.34. The molecule has 0 aromatic heterocycles. The van der Waals surface area contributed by atoms with Gasteiger partial charge in [-0.2, -0.15) is 0 Å². The number of azo groups is 1. The summed E-state index contributed by atoms with van der Waals surface area (Å²) < 4.78 is 0. The Kier molecular flexibility index (Phi) is 3.40. The minimum absolute atomic E-state index is 0.325. The molecule has 0 bridgehead atoms. The minimum atomic E-state index is -0.325. The number of hydrogen-bond donors (Lipinski definition) is 0. The molecular formula is C14H12N2O. The number of carbonyl (C=O) groups excluding carboxylic acids is 1. The molecule has 0 radical (unpaired) electrons. The smallest absolute Gasteiger partial charge is 0.265 e. The van der Waals surface area contributed by atoms with Crippen LogP contribution >= 0.6 is 0 Å². The van der Waals surface area contributed by atoms with Gasteiger partial charge in [0.05, 0.1) is 5.69 Å². The van der Waals surface area contributed by atoms with Crippen LogP contribution in [-0.2, 0) is 0 Å². The van der Waals surface area contributed by atoms with E-state index in [1.54, 1.807) is 24.3 Å². The Balaban J connectivity index is 2.17. The molecule has 0 spiro atoms. The summed E-state index contributed by atoms with van der Waals surface area (Å²) in [6, 6.07) is 16.5. The first-order valence-corrected chi connectivity index (χ1v) is 5.34. The van der Waals surface area contributed by atoms with Crippen molar-refractivity contribution in [1.29, 1.82) is 0 Å². The van der Waals surface area contributed by atoms with Gasteiger partial charge in [-0.3, -0.25) is 4.79 Å². The molecule has 17 heavy (non-hydrogen) atoms. The average molecular weight is 224 g/mol. The standard InChI is InChI=1S/C14H12N2O/c1-11-7-5-6-10-13(11)15-16-14(17)12-8-3-2-4-9-12/h2-10H,1H3. The third kappa shape index (κ3) is 2.84. The van der Waals surface area contributed by atoms with Crippen molar-refractivity contribution < 1.29 is 4.79 Å². The summed E-state index contributed by atoms with van der Waals surface area (Å²) in [5.41, 5.74) is 2.26. The number of aryl methyl sites for hydroxylation is 1. The maximum absolute atomic E-state index is 11.7. The Bertz CT molecular complexity index is 547. The lowest BCUT2D eigenvalue weighted by molar-refractivity contribution is 0.0995. The van der Waals surface area contributed by atoms with Gasteiger partial charge in [0.15, 0.2) is 0 Å². The minimum Gasteiger partial charge on any atom is -0.265 e. The Labute approximate surface area is 99.8 Å². The van der Waals surface area contributed by atoms with Crippen molar-refractivity contribution in [2.45, 2.75) is 6.92 Å².